The number of amides is 2. The summed E-state index contributed by atoms with van der Waals surface area (Å²) in [6, 6.07) is 3.21. The zero-order chi connectivity index (χ0) is 15.3. The minimum absolute atomic E-state index is 0.143. The highest BCUT2D eigenvalue weighted by atomic mass is 19.4. The molecule has 1 aromatic carbocycles. The molecule has 0 radical (unpaired) electrons. The lowest BCUT2D eigenvalue weighted by molar-refractivity contribution is -0.137. The number of hydrogen-bond donors (Lipinski definition) is 2. The molecule has 0 aliphatic carbocycles. The van der Waals surface area contributed by atoms with E-state index in [1.807, 2.05) is 0 Å². The van der Waals surface area contributed by atoms with E-state index in [-0.39, 0.29) is 5.56 Å². The molecule has 0 heterocycles. The molecule has 1 rings (SSSR count). The van der Waals surface area contributed by atoms with E-state index in [1.54, 1.807) is 6.92 Å². The Kier molecular flexibility index (Phi) is 5.12. The lowest BCUT2D eigenvalue weighted by Gasteiger charge is -2.14. The lowest BCUT2D eigenvalue weighted by Crippen LogP contribution is -2.44. The van der Waals surface area contributed by atoms with Crippen LogP contribution in [-0.2, 0) is 11.0 Å². The molecular formula is C13H15F3N2O2. The summed E-state index contributed by atoms with van der Waals surface area (Å²) >= 11 is 0. The van der Waals surface area contributed by atoms with Crippen LogP contribution >= 0.6 is 0 Å². The molecule has 1 atom stereocenters. The van der Waals surface area contributed by atoms with Crippen LogP contribution in [0.3, 0.4) is 0 Å². The second-order valence-electron chi connectivity index (χ2n) is 4.17. The van der Waals surface area contributed by atoms with E-state index in [0.29, 0.717) is 6.54 Å². The van der Waals surface area contributed by atoms with Crippen molar-refractivity contribution >= 4 is 11.8 Å². The van der Waals surface area contributed by atoms with Crippen molar-refractivity contribution in [3.63, 3.8) is 0 Å². The van der Waals surface area contributed by atoms with Gasteiger partial charge in [0.1, 0.15) is 6.04 Å². The smallest absolute Gasteiger partial charge is 0.355 e. The van der Waals surface area contributed by atoms with Gasteiger partial charge in [0, 0.05) is 12.1 Å². The maximum Gasteiger partial charge on any atom is 0.416 e. The van der Waals surface area contributed by atoms with Gasteiger partial charge in [-0.2, -0.15) is 13.2 Å². The fourth-order valence-corrected chi connectivity index (χ4v) is 1.51. The van der Waals surface area contributed by atoms with Gasteiger partial charge in [0.2, 0.25) is 5.91 Å². The molecule has 0 spiro atoms. The van der Waals surface area contributed by atoms with Crippen LogP contribution in [-0.4, -0.2) is 24.4 Å². The van der Waals surface area contributed by atoms with Crippen LogP contribution in [0.2, 0.25) is 0 Å². The Morgan fingerprint density at radius 2 is 1.95 bits per heavy atom. The predicted octanol–water partition coefficient (Wildman–Crippen LogP) is 1.96. The normalized spacial score (nSPS) is 12.7. The van der Waals surface area contributed by atoms with E-state index in [0.717, 1.165) is 18.2 Å². The van der Waals surface area contributed by atoms with E-state index in [4.69, 9.17) is 0 Å². The van der Waals surface area contributed by atoms with Gasteiger partial charge in [-0.05, 0) is 32.0 Å². The molecule has 2 N–H and O–H groups in total. The molecule has 0 bridgehead atoms. The first-order valence-corrected chi connectivity index (χ1v) is 6.01. The van der Waals surface area contributed by atoms with Gasteiger partial charge in [-0.25, -0.2) is 0 Å². The molecule has 7 heteroatoms. The fraction of sp³-hybridized carbons (Fsp3) is 0.385. The Morgan fingerprint density at radius 1 is 1.30 bits per heavy atom. The minimum atomic E-state index is -4.51. The van der Waals surface area contributed by atoms with Crippen molar-refractivity contribution < 1.29 is 22.8 Å². The topological polar surface area (TPSA) is 58.2 Å². The van der Waals surface area contributed by atoms with E-state index in [1.165, 1.54) is 13.0 Å². The maximum atomic E-state index is 12.5. The van der Waals surface area contributed by atoms with Crippen LogP contribution in [0.1, 0.15) is 29.8 Å². The predicted molar refractivity (Wildman–Crippen MR) is 67.1 cm³/mol. The van der Waals surface area contributed by atoms with Gasteiger partial charge < -0.3 is 10.6 Å². The van der Waals surface area contributed by atoms with Crippen molar-refractivity contribution in [3.8, 4) is 0 Å². The monoisotopic (exact) mass is 288 g/mol. The van der Waals surface area contributed by atoms with Gasteiger partial charge in [-0.15, -0.1) is 0 Å². The Morgan fingerprint density at radius 3 is 2.50 bits per heavy atom. The highest BCUT2D eigenvalue weighted by Gasteiger charge is 2.31. The molecule has 0 aliphatic heterocycles. The number of likely N-dealkylation sites (N-methyl/N-ethyl adjacent to an activating group) is 1. The molecule has 20 heavy (non-hydrogen) atoms. The molecule has 0 saturated heterocycles. The molecule has 0 aliphatic rings. The van der Waals surface area contributed by atoms with Crippen LogP contribution in [0.15, 0.2) is 24.3 Å². The van der Waals surface area contributed by atoms with Crippen molar-refractivity contribution in [1.29, 1.82) is 0 Å². The van der Waals surface area contributed by atoms with Crippen LogP contribution in [0, 0.1) is 0 Å². The fourth-order valence-electron chi connectivity index (χ4n) is 1.51. The number of benzene rings is 1. The van der Waals surface area contributed by atoms with Gasteiger partial charge >= 0.3 is 6.18 Å². The third-order valence-corrected chi connectivity index (χ3v) is 2.54. The largest absolute Gasteiger partial charge is 0.416 e. The van der Waals surface area contributed by atoms with E-state index < -0.39 is 29.6 Å². The first-order chi connectivity index (χ1) is 9.25. The summed E-state index contributed by atoms with van der Waals surface area (Å²) < 4.78 is 37.6. The van der Waals surface area contributed by atoms with Crippen LogP contribution in [0.25, 0.3) is 0 Å². The van der Waals surface area contributed by atoms with Crippen molar-refractivity contribution in [2.45, 2.75) is 26.1 Å². The molecule has 0 aromatic heterocycles. The summed E-state index contributed by atoms with van der Waals surface area (Å²) in [4.78, 5) is 23.2. The Bertz CT molecular complexity index is 501. The van der Waals surface area contributed by atoms with E-state index in [2.05, 4.69) is 10.6 Å². The Labute approximate surface area is 114 Å². The molecule has 1 aromatic rings. The third kappa shape index (κ3) is 4.25. The van der Waals surface area contributed by atoms with Gasteiger partial charge in [0.25, 0.3) is 5.91 Å². The van der Waals surface area contributed by atoms with Crippen LogP contribution < -0.4 is 10.6 Å². The average molecular weight is 288 g/mol. The number of carbonyl (C=O) groups excluding carboxylic acids is 2. The number of nitrogens with one attached hydrogen (secondary N) is 2. The summed E-state index contributed by atoms with van der Waals surface area (Å²) in [7, 11) is 0. The van der Waals surface area contributed by atoms with E-state index >= 15 is 0 Å². The molecule has 2 amide bonds. The van der Waals surface area contributed by atoms with Gasteiger partial charge in [-0.1, -0.05) is 6.07 Å². The van der Waals surface area contributed by atoms with Crippen molar-refractivity contribution in [2.75, 3.05) is 6.54 Å². The highest BCUT2D eigenvalue weighted by Crippen LogP contribution is 2.29. The maximum absolute atomic E-state index is 12.5. The first-order valence-electron chi connectivity index (χ1n) is 6.01. The molecule has 110 valence electrons. The Balaban J connectivity index is 2.80. The van der Waals surface area contributed by atoms with Crippen molar-refractivity contribution in [1.82, 2.24) is 10.6 Å². The van der Waals surface area contributed by atoms with Gasteiger partial charge in [0.15, 0.2) is 0 Å². The number of carbonyl (C=O) groups is 2. The standard InChI is InChI=1S/C13H15F3N2O2/c1-3-17-11(19)8(2)18-12(20)9-5-4-6-10(7-9)13(14,15)16/h4-8H,3H2,1-2H3,(H,17,19)(H,18,20). The number of hydrogen-bond acceptors (Lipinski definition) is 2. The second kappa shape index (κ2) is 6.40. The lowest BCUT2D eigenvalue weighted by atomic mass is 10.1. The van der Waals surface area contributed by atoms with Crippen molar-refractivity contribution in [3.05, 3.63) is 35.4 Å². The summed E-state index contributed by atoms with van der Waals surface area (Å²) in [5.41, 5.74) is -1.05. The third-order valence-electron chi connectivity index (χ3n) is 2.54. The second-order valence-corrected chi connectivity index (χ2v) is 4.17. The summed E-state index contributed by atoms with van der Waals surface area (Å²) in [5, 5.41) is 4.85. The van der Waals surface area contributed by atoms with Gasteiger partial charge in [0.05, 0.1) is 5.56 Å². The summed E-state index contributed by atoms with van der Waals surface area (Å²) in [5.74, 6) is -1.12. The SMILES string of the molecule is CCNC(=O)C(C)NC(=O)c1cccc(C(F)(F)F)c1. The number of halogens is 3. The van der Waals surface area contributed by atoms with E-state index in [9.17, 15) is 22.8 Å². The van der Waals surface area contributed by atoms with Crippen LogP contribution in [0.4, 0.5) is 13.2 Å². The first kappa shape index (κ1) is 16.0. The van der Waals surface area contributed by atoms with Gasteiger partial charge in [-0.3, -0.25) is 9.59 Å². The quantitative estimate of drug-likeness (QED) is 0.890. The molecule has 0 saturated carbocycles. The average Bonchev–Trinajstić information content (AvgIpc) is 2.38. The number of rotatable bonds is 4. The molecule has 4 nitrogen and oxygen atoms in total. The minimum Gasteiger partial charge on any atom is -0.355 e. The summed E-state index contributed by atoms with van der Waals surface area (Å²) in [6.07, 6.45) is -4.51. The zero-order valence-electron chi connectivity index (χ0n) is 11.0. The molecular weight excluding hydrogens is 273 g/mol. The van der Waals surface area contributed by atoms with Crippen LogP contribution in [0.5, 0.6) is 0 Å². The highest BCUT2D eigenvalue weighted by molar-refractivity contribution is 5.97. The molecule has 0 fully saturated rings. The summed E-state index contributed by atoms with van der Waals surface area (Å²) in [6.45, 7) is 3.58. The number of alkyl halides is 3. The molecule has 1 unspecified atom stereocenters. The zero-order valence-corrected chi connectivity index (χ0v) is 11.0. The Hall–Kier alpha value is -2.05. The van der Waals surface area contributed by atoms with Crippen molar-refractivity contribution in [2.24, 2.45) is 0 Å².